The van der Waals surface area contributed by atoms with Gasteiger partial charge in [0.1, 0.15) is 0 Å². The van der Waals surface area contributed by atoms with Gasteiger partial charge in [0, 0.05) is 11.6 Å². The first-order chi connectivity index (χ1) is 14.6. The van der Waals surface area contributed by atoms with Crippen molar-refractivity contribution < 1.29 is 4.79 Å². The van der Waals surface area contributed by atoms with Crippen molar-refractivity contribution in [2.75, 3.05) is 5.75 Å². The average Bonchev–Trinajstić information content (AvgIpc) is 3.43. The quantitative estimate of drug-likeness (QED) is 0.480. The standard InChI is InChI=1S/C23H25ClN4OS/c1-16(17-9-3-2-4-10-17)25-21(29)15-30-23-27-26-22(19-13-7-8-14-20(19)24)28(23)18-11-5-6-12-18/h2-4,7-10,13-14,16,18H,5-6,11-12,15H2,1H3,(H,25,29). The van der Waals surface area contributed by atoms with Gasteiger partial charge in [-0.1, -0.05) is 78.7 Å². The lowest BCUT2D eigenvalue weighted by Crippen LogP contribution is -2.28. The van der Waals surface area contributed by atoms with E-state index >= 15 is 0 Å². The maximum Gasteiger partial charge on any atom is 0.230 e. The predicted molar refractivity (Wildman–Crippen MR) is 122 cm³/mol. The minimum Gasteiger partial charge on any atom is -0.349 e. The zero-order valence-electron chi connectivity index (χ0n) is 16.9. The highest BCUT2D eigenvalue weighted by Crippen LogP contribution is 2.38. The number of rotatable bonds is 7. The van der Waals surface area contributed by atoms with Crippen molar-refractivity contribution in [1.82, 2.24) is 20.1 Å². The van der Waals surface area contributed by atoms with Crippen LogP contribution in [0.4, 0.5) is 0 Å². The Labute approximate surface area is 186 Å². The van der Waals surface area contributed by atoms with Crippen LogP contribution >= 0.6 is 23.4 Å². The minimum atomic E-state index is -0.0364. The summed E-state index contributed by atoms with van der Waals surface area (Å²) in [5.41, 5.74) is 1.97. The van der Waals surface area contributed by atoms with Crippen LogP contribution in [-0.2, 0) is 4.79 Å². The molecule has 1 amide bonds. The normalized spacial score (nSPS) is 15.3. The maximum absolute atomic E-state index is 12.6. The number of nitrogens with one attached hydrogen (secondary N) is 1. The van der Waals surface area contributed by atoms with Crippen LogP contribution in [-0.4, -0.2) is 26.4 Å². The van der Waals surface area contributed by atoms with E-state index in [1.165, 1.54) is 24.6 Å². The molecule has 3 aromatic rings. The molecule has 2 aromatic carbocycles. The van der Waals surface area contributed by atoms with E-state index < -0.39 is 0 Å². The van der Waals surface area contributed by atoms with E-state index in [1.807, 2.05) is 61.5 Å². The van der Waals surface area contributed by atoms with Crippen molar-refractivity contribution in [3.05, 3.63) is 65.2 Å². The Balaban J connectivity index is 1.50. The number of aromatic nitrogens is 3. The molecule has 1 aliphatic carbocycles. The lowest BCUT2D eigenvalue weighted by atomic mass is 10.1. The lowest BCUT2D eigenvalue weighted by molar-refractivity contribution is -0.119. The summed E-state index contributed by atoms with van der Waals surface area (Å²) in [5.74, 6) is 1.06. The van der Waals surface area contributed by atoms with E-state index in [9.17, 15) is 4.79 Å². The van der Waals surface area contributed by atoms with Gasteiger partial charge in [-0.05, 0) is 37.5 Å². The van der Waals surface area contributed by atoms with Crippen molar-refractivity contribution in [3.8, 4) is 11.4 Å². The molecule has 30 heavy (non-hydrogen) atoms. The zero-order chi connectivity index (χ0) is 20.9. The third-order valence-electron chi connectivity index (χ3n) is 5.48. The van der Waals surface area contributed by atoms with Gasteiger partial charge in [0.2, 0.25) is 5.91 Å². The lowest BCUT2D eigenvalue weighted by Gasteiger charge is -2.18. The molecule has 0 bridgehead atoms. The Hall–Kier alpha value is -2.31. The Morgan fingerprint density at radius 2 is 1.83 bits per heavy atom. The number of nitrogens with zero attached hydrogens (tertiary/aromatic N) is 3. The highest BCUT2D eigenvalue weighted by atomic mass is 35.5. The fourth-order valence-corrected chi connectivity index (χ4v) is 4.97. The summed E-state index contributed by atoms with van der Waals surface area (Å²) in [6.45, 7) is 1.99. The molecule has 0 aliphatic heterocycles. The summed E-state index contributed by atoms with van der Waals surface area (Å²) in [7, 11) is 0. The van der Waals surface area contributed by atoms with E-state index in [0.29, 0.717) is 16.8 Å². The van der Waals surface area contributed by atoms with E-state index in [-0.39, 0.29) is 11.9 Å². The molecule has 156 valence electrons. The fraction of sp³-hybridized carbons (Fsp3) is 0.348. The van der Waals surface area contributed by atoms with Crippen molar-refractivity contribution in [2.24, 2.45) is 0 Å². The van der Waals surface area contributed by atoms with Gasteiger partial charge in [0.05, 0.1) is 16.8 Å². The summed E-state index contributed by atoms with van der Waals surface area (Å²) < 4.78 is 2.19. The number of halogens is 1. The topological polar surface area (TPSA) is 59.8 Å². The molecule has 5 nitrogen and oxygen atoms in total. The smallest absolute Gasteiger partial charge is 0.230 e. The second-order valence-corrected chi connectivity index (χ2v) is 8.93. The van der Waals surface area contributed by atoms with Gasteiger partial charge in [0.25, 0.3) is 0 Å². The molecule has 1 aromatic heterocycles. The largest absolute Gasteiger partial charge is 0.349 e. The molecule has 1 heterocycles. The van der Waals surface area contributed by atoms with Crippen molar-refractivity contribution in [1.29, 1.82) is 0 Å². The maximum atomic E-state index is 12.6. The Morgan fingerprint density at radius 3 is 2.57 bits per heavy atom. The van der Waals surface area contributed by atoms with Crippen molar-refractivity contribution in [3.63, 3.8) is 0 Å². The number of carbonyl (C=O) groups is 1. The molecule has 1 atom stereocenters. The first kappa shape index (κ1) is 20.9. The van der Waals surface area contributed by atoms with E-state index in [1.54, 1.807) is 0 Å². The second-order valence-electron chi connectivity index (χ2n) is 7.58. The Kier molecular flexibility index (Phi) is 6.75. The summed E-state index contributed by atoms with van der Waals surface area (Å²) in [6, 6.07) is 18.0. The first-order valence-electron chi connectivity index (χ1n) is 10.3. The zero-order valence-corrected chi connectivity index (χ0v) is 18.5. The van der Waals surface area contributed by atoms with Crippen molar-refractivity contribution in [2.45, 2.75) is 49.8 Å². The van der Waals surface area contributed by atoms with Crippen molar-refractivity contribution >= 4 is 29.3 Å². The van der Waals surface area contributed by atoms with Gasteiger partial charge in [0.15, 0.2) is 11.0 Å². The van der Waals surface area contributed by atoms with Gasteiger partial charge in [-0.15, -0.1) is 10.2 Å². The monoisotopic (exact) mass is 440 g/mol. The number of thioether (sulfide) groups is 1. The van der Waals surface area contributed by atoms with Gasteiger partial charge in [-0.2, -0.15) is 0 Å². The SMILES string of the molecule is CC(NC(=O)CSc1nnc(-c2ccccc2Cl)n1C1CCCC1)c1ccccc1. The molecule has 4 rings (SSSR count). The highest BCUT2D eigenvalue weighted by molar-refractivity contribution is 7.99. The van der Waals surface area contributed by atoms with Crippen LogP contribution < -0.4 is 5.32 Å². The molecular weight excluding hydrogens is 416 g/mol. The molecule has 0 spiro atoms. The van der Waals surface area contributed by atoms with Crippen LogP contribution in [0.1, 0.15) is 50.3 Å². The first-order valence-corrected chi connectivity index (χ1v) is 11.7. The summed E-state index contributed by atoms with van der Waals surface area (Å²) in [5, 5.41) is 13.4. The second kappa shape index (κ2) is 9.67. The number of hydrogen-bond donors (Lipinski definition) is 1. The molecular formula is C23H25ClN4OS. The molecule has 7 heteroatoms. The predicted octanol–water partition coefficient (Wildman–Crippen LogP) is 5.68. The molecule has 1 unspecified atom stereocenters. The minimum absolute atomic E-state index is 0.0170. The van der Waals surface area contributed by atoms with Crippen LogP contribution in [0.3, 0.4) is 0 Å². The third-order valence-corrected chi connectivity index (χ3v) is 6.75. The van der Waals surface area contributed by atoms with Gasteiger partial charge in [-0.25, -0.2) is 0 Å². The third kappa shape index (κ3) is 4.71. The van der Waals surface area contributed by atoms with Crippen LogP contribution in [0.15, 0.2) is 59.8 Å². The number of amides is 1. The summed E-state index contributed by atoms with van der Waals surface area (Å²) in [4.78, 5) is 12.6. The van der Waals surface area contributed by atoms with E-state index in [0.717, 1.165) is 34.9 Å². The number of hydrogen-bond acceptors (Lipinski definition) is 4. The molecule has 1 N–H and O–H groups in total. The number of benzene rings is 2. The van der Waals surface area contributed by atoms with Crippen LogP contribution in [0, 0.1) is 0 Å². The van der Waals surface area contributed by atoms with Crippen LogP contribution in [0.2, 0.25) is 5.02 Å². The summed E-state index contributed by atoms with van der Waals surface area (Å²) in [6.07, 6.45) is 4.59. The molecule has 1 fully saturated rings. The molecule has 0 saturated heterocycles. The van der Waals surface area contributed by atoms with Crippen LogP contribution in [0.5, 0.6) is 0 Å². The van der Waals surface area contributed by atoms with E-state index in [2.05, 4.69) is 20.1 Å². The summed E-state index contributed by atoms with van der Waals surface area (Å²) >= 11 is 7.87. The molecule has 1 aliphatic rings. The molecule has 1 saturated carbocycles. The fourth-order valence-electron chi connectivity index (χ4n) is 3.93. The number of carbonyl (C=O) groups excluding carboxylic acids is 1. The Bertz CT molecular complexity index is 1000. The Morgan fingerprint density at radius 1 is 1.13 bits per heavy atom. The average molecular weight is 441 g/mol. The highest BCUT2D eigenvalue weighted by Gasteiger charge is 2.26. The van der Waals surface area contributed by atoms with Crippen LogP contribution in [0.25, 0.3) is 11.4 Å². The van der Waals surface area contributed by atoms with E-state index in [4.69, 9.17) is 11.6 Å². The molecule has 0 radical (unpaired) electrons. The van der Waals surface area contributed by atoms with Gasteiger partial charge >= 0.3 is 0 Å². The van der Waals surface area contributed by atoms with Gasteiger partial charge < -0.3 is 5.32 Å². The van der Waals surface area contributed by atoms with Gasteiger partial charge in [-0.3, -0.25) is 9.36 Å².